The number of carbonyl (C=O) groups is 2. The number of rotatable bonds is 9. The highest BCUT2D eigenvalue weighted by Gasteiger charge is 2.26. The number of nitrogens with one attached hydrogen (secondary N) is 2. The summed E-state index contributed by atoms with van der Waals surface area (Å²) in [6, 6.07) is 11.2. The van der Waals surface area contributed by atoms with E-state index in [2.05, 4.69) is 10.0 Å². The molecule has 2 aromatic carbocycles. The van der Waals surface area contributed by atoms with Crippen LogP contribution in [-0.2, 0) is 26.2 Å². The van der Waals surface area contributed by atoms with E-state index in [-0.39, 0.29) is 24.3 Å². The lowest BCUT2D eigenvalue weighted by molar-refractivity contribution is -0.123. The summed E-state index contributed by atoms with van der Waals surface area (Å²) < 4.78 is 27.4. The van der Waals surface area contributed by atoms with Gasteiger partial charge in [0.2, 0.25) is 21.8 Å². The van der Waals surface area contributed by atoms with Gasteiger partial charge in [-0.15, -0.1) is 0 Å². The van der Waals surface area contributed by atoms with Crippen LogP contribution in [0.3, 0.4) is 0 Å². The van der Waals surface area contributed by atoms with Crippen molar-refractivity contribution in [3.05, 3.63) is 64.1 Å². The summed E-state index contributed by atoms with van der Waals surface area (Å²) in [7, 11) is -4.00. The molecule has 2 amide bonds. The van der Waals surface area contributed by atoms with Crippen molar-refractivity contribution >= 4 is 45.0 Å². The quantitative estimate of drug-likeness (QED) is 0.550. The lowest BCUT2D eigenvalue weighted by Crippen LogP contribution is -2.46. The minimum Gasteiger partial charge on any atom is -0.370 e. The number of amides is 2. The van der Waals surface area contributed by atoms with E-state index >= 15 is 0 Å². The number of sulfonamides is 1. The van der Waals surface area contributed by atoms with E-state index < -0.39 is 27.9 Å². The Morgan fingerprint density at radius 1 is 1.04 bits per heavy atom. The molecule has 0 aliphatic heterocycles. The Kier molecular flexibility index (Phi) is 7.82. The third-order valence-electron chi connectivity index (χ3n) is 3.77. The lowest BCUT2D eigenvalue weighted by atomic mass is 10.1. The van der Waals surface area contributed by atoms with Gasteiger partial charge in [-0.3, -0.25) is 9.59 Å². The van der Waals surface area contributed by atoms with Crippen LogP contribution in [0.25, 0.3) is 0 Å². The van der Waals surface area contributed by atoms with E-state index in [9.17, 15) is 18.0 Å². The molecule has 0 aliphatic carbocycles. The maximum Gasteiger partial charge on any atom is 0.241 e. The third-order valence-corrected chi connectivity index (χ3v) is 5.75. The van der Waals surface area contributed by atoms with E-state index in [1.165, 1.54) is 24.3 Å². The van der Waals surface area contributed by atoms with Crippen molar-refractivity contribution in [2.75, 3.05) is 0 Å². The molecule has 1 atom stereocenters. The average molecular weight is 444 g/mol. The molecule has 0 fully saturated rings. The summed E-state index contributed by atoms with van der Waals surface area (Å²) in [6.07, 6.45) is -0.234. The summed E-state index contributed by atoms with van der Waals surface area (Å²) in [5, 5.41) is 3.53. The van der Waals surface area contributed by atoms with Gasteiger partial charge in [0.05, 0.1) is 4.90 Å². The number of benzene rings is 2. The number of hydrogen-bond donors (Lipinski definition) is 3. The smallest absolute Gasteiger partial charge is 0.241 e. The first kappa shape index (κ1) is 22.2. The van der Waals surface area contributed by atoms with Gasteiger partial charge >= 0.3 is 0 Å². The standard InChI is InChI=1S/C18H19Cl2N3O4S/c19-13-4-6-15(7-5-13)28(26,27)23-16(8-9-17(21)24)18(25)22-11-12-2-1-3-14(20)10-12/h1-7,10,16,23H,8-9,11H2,(H2,21,24)(H,22,25)/t16-/m0/s1. The van der Waals surface area contributed by atoms with Crippen molar-refractivity contribution in [3.8, 4) is 0 Å². The molecule has 0 radical (unpaired) electrons. The molecular formula is C18H19Cl2N3O4S. The third kappa shape index (κ3) is 6.79. The van der Waals surface area contributed by atoms with Crippen molar-refractivity contribution in [1.29, 1.82) is 0 Å². The summed E-state index contributed by atoms with van der Waals surface area (Å²) in [6.45, 7) is 0.148. The van der Waals surface area contributed by atoms with Crippen molar-refractivity contribution < 1.29 is 18.0 Å². The molecular weight excluding hydrogens is 425 g/mol. The molecule has 10 heteroatoms. The van der Waals surface area contributed by atoms with Gasteiger partial charge < -0.3 is 11.1 Å². The topological polar surface area (TPSA) is 118 Å². The van der Waals surface area contributed by atoms with E-state index in [0.717, 1.165) is 5.56 Å². The Bertz CT molecular complexity index is 950. The van der Waals surface area contributed by atoms with Crippen LogP contribution in [0.2, 0.25) is 10.0 Å². The fourth-order valence-corrected chi connectivity index (χ4v) is 3.93. The first-order valence-corrected chi connectivity index (χ1v) is 10.5. The van der Waals surface area contributed by atoms with Gasteiger partial charge in [0, 0.05) is 23.0 Å². The number of nitrogens with two attached hydrogens (primary N) is 1. The zero-order chi connectivity index (χ0) is 20.7. The molecule has 0 saturated heterocycles. The van der Waals surface area contributed by atoms with Gasteiger partial charge in [-0.2, -0.15) is 4.72 Å². The van der Waals surface area contributed by atoms with Crippen molar-refractivity contribution in [1.82, 2.24) is 10.0 Å². The Labute approximate surface area is 173 Å². The Morgan fingerprint density at radius 2 is 1.71 bits per heavy atom. The number of carbonyl (C=O) groups excluding carboxylic acids is 2. The van der Waals surface area contributed by atoms with Crippen molar-refractivity contribution in [2.45, 2.75) is 30.3 Å². The van der Waals surface area contributed by atoms with Crippen molar-refractivity contribution in [2.24, 2.45) is 5.73 Å². The predicted molar refractivity (Wildman–Crippen MR) is 107 cm³/mol. The number of primary amides is 1. The molecule has 2 aromatic rings. The Hall–Kier alpha value is -2.13. The van der Waals surface area contributed by atoms with Gasteiger partial charge in [-0.05, 0) is 48.4 Å². The molecule has 0 heterocycles. The average Bonchev–Trinajstić information content (AvgIpc) is 2.63. The van der Waals surface area contributed by atoms with Crippen LogP contribution < -0.4 is 15.8 Å². The van der Waals surface area contributed by atoms with E-state index in [4.69, 9.17) is 28.9 Å². The minimum atomic E-state index is -4.00. The molecule has 7 nitrogen and oxygen atoms in total. The summed E-state index contributed by atoms with van der Waals surface area (Å²) in [4.78, 5) is 23.6. The van der Waals surface area contributed by atoms with Gasteiger partial charge in [0.15, 0.2) is 0 Å². The highest BCUT2D eigenvalue weighted by Crippen LogP contribution is 2.15. The van der Waals surface area contributed by atoms with Gasteiger partial charge in [-0.25, -0.2) is 8.42 Å². The number of halogens is 2. The second-order valence-electron chi connectivity index (χ2n) is 5.98. The second kappa shape index (κ2) is 9.88. The van der Waals surface area contributed by atoms with E-state index in [0.29, 0.717) is 10.0 Å². The Balaban J connectivity index is 2.12. The monoisotopic (exact) mass is 443 g/mol. The molecule has 2 rings (SSSR count). The molecule has 150 valence electrons. The van der Waals surface area contributed by atoms with Crippen LogP contribution in [-0.4, -0.2) is 26.3 Å². The zero-order valence-corrected chi connectivity index (χ0v) is 17.0. The maximum absolute atomic E-state index is 12.6. The fraction of sp³-hybridized carbons (Fsp3) is 0.222. The summed E-state index contributed by atoms with van der Waals surface area (Å²) in [5.74, 6) is -1.22. The van der Waals surface area contributed by atoms with Gasteiger partial charge in [0.1, 0.15) is 6.04 Å². The molecule has 0 bridgehead atoms. The molecule has 4 N–H and O–H groups in total. The zero-order valence-electron chi connectivity index (χ0n) is 14.7. The molecule has 0 saturated carbocycles. The van der Waals surface area contributed by atoms with Crippen LogP contribution in [0, 0.1) is 0 Å². The highest BCUT2D eigenvalue weighted by molar-refractivity contribution is 7.89. The molecule has 0 unspecified atom stereocenters. The highest BCUT2D eigenvalue weighted by atomic mass is 35.5. The largest absolute Gasteiger partial charge is 0.370 e. The van der Waals surface area contributed by atoms with Gasteiger partial charge in [-0.1, -0.05) is 35.3 Å². The summed E-state index contributed by atoms with van der Waals surface area (Å²) in [5.41, 5.74) is 5.88. The summed E-state index contributed by atoms with van der Waals surface area (Å²) >= 11 is 11.7. The van der Waals surface area contributed by atoms with Crippen LogP contribution in [0.1, 0.15) is 18.4 Å². The maximum atomic E-state index is 12.6. The van der Waals surface area contributed by atoms with Crippen LogP contribution in [0.15, 0.2) is 53.4 Å². The normalized spacial score (nSPS) is 12.4. The van der Waals surface area contributed by atoms with Crippen molar-refractivity contribution in [3.63, 3.8) is 0 Å². The Morgan fingerprint density at radius 3 is 2.32 bits per heavy atom. The van der Waals surface area contributed by atoms with Crippen LogP contribution in [0.5, 0.6) is 0 Å². The van der Waals surface area contributed by atoms with Crippen LogP contribution >= 0.6 is 23.2 Å². The molecule has 0 aromatic heterocycles. The van der Waals surface area contributed by atoms with Crippen LogP contribution in [0.4, 0.5) is 0 Å². The molecule has 28 heavy (non-hydrogen) atoms. The molecule has 0 spiro atoms. The molecule has 0 aliphatic rings. The lowest BCUT2D eigenvalue weighted by Gasteiger charge is -2.18. The number of hydrogen-bond acceptors (Lipinski definition) is 4. The van der Waals surface area contributed by atoms with E-state index in [1.807, 2.05) is 0 Å². The van der Waals surface area contributed by atoms with Gasteiger partial charge in [0.25, 0.3) is 0 Å². The minimum absolute atomic E-state index is 0.0522. The SMILES string of the molecule is NC(=O)CC[C@H](NS(=O)(=O)c1ccc(Cl)cc1)C(=O)NCc1cccc(Cl)c1. The second-order valence-corrected chi connectivity index (χ2v) is 8.57. The van der Waals surface area contributed by atoms with E-state index in [1.54, 1.807) is 24.3 Å². The predicted octanol–water partition coefficient (Wildman–Crippen LogP) is 2.22. The first-order chi connectivity index (χ1) is 13.2. The first-order valence-electron chi connectivity index (χ1n) is 8.26. The fourth-order valence-electron chi connectivity index (χ4n) is 2.36.